The largest absolute Gasteiger partial charge is 0.496 e. The number of fused-ring (bicyclic) bond motifs is 1. The van der Waals surface area contributed by atoms with Gasteiger partial charge in [0.1, 0.15) is 5.75 Å². The van der Waals surface area contributed by atoms with E-state index >= 15 is 0 Å². The predicted octanol–water partition coefficient (Wildman–Crippen LogP) is 4.25. The molecule has 0 saturated heterocycles. The molecule has 3 aromatic carbocycles. The van der Waals surface area contributed by atoms with Crippen molar-refractivity contribution >= 4 is 21.6 Å². The summed E-state index contributed by atoms with van der Waals surface area (Å²) in [5.41, 5.74) is 3.92. The van der Waals surface area contributed by atoms with Gasteiger partial charge in [-0.2, -0.15) is 0 Å². The Morgan fingerprint density at radius 1 is 1.06 bits per heavy atom. The standard InChI is InChI=1S/C25H26N2O4S/c1-17-8-4-6-10-21(17)18(2)26-25(28)22-16-20(12-13-24(22)31-3)32(29,30)27-15-14-19-9-5-7-11-23(19)27/h4-13,16,18H,14-15H2,1-3H3,(H,26,28). The summed E-state index contributed by atoms with van der Waals surface area (Å²) >= 11 is 0. The number of ether oxygens (including phenoxy) is 1. The number of amides is 1. The quantitative estimate of drug-likeness (QED) is 0.609. The number of sulfonamides is 1. The first-order valence-corrected chi connectivity index (χ1v) is 11.9. The number of hydrogen-bond donors (Lipinski definition) is 1. The van der Waals surface area contributed by atoms with Gasteiger partial charge < -0.3 is 10.1 Å². The van der Waals surface area contributed by atoms with Crippen molar-refractivity contribution in [3.8, 4) is 5.75 Å². The third kappa shape index (κ3) is 3.96. The molecular weight excluding hydrogens is 424 g/mol. The fraction of sp³-hybridized carbons (Fsp3) is 0.240. The van der Waals surface area contributed by atoms with E-state index in [0.717, 1.165) is 16.7 Å². The minimum atomic E-state index is -3.82. The summed E-state index contributed by atoms with van der Waals surface area (Å²) in [7, 11) is -2.36. The molecule has 166 valence electrons. The molecule has 0 aliphatic carbocycles. The highest BCUT2D eigenvalue weighted by atomic mass is 32.2. The third-order valence-electron chi connectivity index (χ3n) is 5.85. The van der Waals surface area contributed by atoms with E-state index in [0.29, 0.717) is 24.4 Å². The number of nitrogens with zero attached hydrogens (tertiary/aromatic N) is 1. The van der Waals surface area contributed by atoms with Crippen LogP contribution in [0, 0.1) is 6.92 Å². The number of carbonyl (C=O) groups is 1. The van der Waals surface area contributed by atoms with Gasteiger partial charge in [-0.1, -0.05) is 42.5 Å². The lowest BCUT2D eigenvalue weighted by atomic mass is 10.0. The van der Waals surface area contributed by atoms with Crippen LogP contribution in [0.5, 0.6) is 5.75 Å². The molecule has 0 aromatic heterocycles. The van der Waals surface area contributed by atoms with Gasteiger partial charge in [-0.05, 0) is 61.2 Å². The molecular formula is C25H26N2O4S. The molecule has 0 spiro atoms. The predicted molar refractivity (Wildman–Crippen MR) is 125 cm³/mol. The smallest absolute Gasteiger partial charge is 0.264 e. The number of para-hydroxylation sites is 1. The normalized spacial score (nSPS) is 14.0. The Bertz CT molecular complexity index is 1270. The maximum absolute atomic E-state index is 13.4. The van der Waals surface area contributed by atoms with Gasteiger partial charge in [0.15, 0.2) is 0 Å². The first-order chi connectivity index (χ1) is 15.3. The number of anilines is 1. The van der Waals surface area contributed by atoms with Crippen molar-refractivity contribution in [3.63, 3.8) is 0 Å². The molecule has 0 radical (unpaired) electrons. The van der Waals surface area contributed by atoms with E-state index in [9.17, 15) is 13.2 Å². The first kappa shape index (κ1) is 21.9. The first-order valence-electron chi connectivity index (χ1n) is 10.5. The summed E-state index contributed by atoms with van der Waals surface area (Å²) in [6.45, 7) is 4.26. The Kier molecular flexibility index (Phi) is 5.93. The van der Waals surface area contributed by atoms with Crippen molar-refractivity contribution in [2.45, 2.75) is 31.2 Å². The van der Waals surface area contributed by atoms with Gasteiger partial charge in [0.25, 0.3) is 15.9 Å². The van der Waals surface area contributed by atoms with Crippen molar-refractivity contribution in [2.24, 2.45) is 0 Å². The Labute approximate surface area is 188 Å². The molecule has 0 fully saturated rings. The zero-order chi connectivity index (χ0) is 22.9. The van der Waals surface area contributed by atoms with Crippen LogP contribution in [0.1, 0.15) is 40.0 Å². The minimum absolute atomic E-state index is 0.0590. The van der Waals surface area contributed by atoms with Gasteiger partial charge in [-0.15, -0.1) is 0 Å². The van der Waals surface area contributed by atoms with Crippen molar-refractivity contribution in [1.29, 1.82) is 0 Å². The molecule has 4 rings (SSSR count). The Hall–Kier alpha value is -3.32. The van der Waals surface area contributed by atoms with Crippen LogP contribution in [-0.4, -0.2) is 28.0 Å². The highest BCUT2D eigenvalue weighted by molar-refractivity contribution is 7.92. The van der Waals surface area contributed by atoms with Crippen LogP contribution >= 0.6 is 0 Å². The van der Waals surface area contributed by atoms with Crippen LogP contribution in [-0.2, 0) is 16.4 Å². The average molecular weight is 451 g/mol. The molecule has 1 unspecified atom stereocenters. The summed E-state index contributed by atoms with van der Waals surface area (Å²) in [6, 6.07) is 19.4. The van der Waals surface area contributed by atoms with E-state index in [-0.39, 0.29) is 16.5 Å². The van der Waals surface area contributed by atoms with Crippen molar-refractivity contribution in [3.05, 3.63) is 89.0 Å². The van der Waals surface area contributed by atoms with Crippen LogP contribution in [0.25, 0.3) is 0 Å². The molecule has 1 heterocycles. The van der Waals surface area contributed by atoms with E-state index in [2.05, 4.69) is 5.32 Å². The summed E-state index contributed by atoms with van der Waals surface area (Å²) in [6.07, 6.45) is 0.660. The zero-order valence-electron chi connectivity index (χ0n) is 18.3. The molecule has 3 aromatic rings. The number of nitrogens with one attached hydrogen (secondary N) is 1. The number of carbonyl (C=O) groups excluding carboxylic acids is 1. The SMILES string of the molecule is COc1ccc(S(=O)(=O)N2CCc3ccccc32)cc1C(=O)NC(C)c1ccccc1C. The third-order valence-corrected chi connectivity index (χ3v) is 7.66. The van der Waals surface area contributed by atoms with Crippen LogP contribution in [0.4, 0.5) is 5.69 Å². The van der Waals surface area contributed by atoms with Crippen molar-refractivity contribution < 1.29 is 17.9 Å². The molecule has 1 atom stereocenters. The van der Waals surface area contributed by atoms with Gasteiger partial charge in [0.05, 0.1) is 29.3 Å². The molecule has 1 aliphatic heterocycles. The molecule has 32 heavy (non-hydrogen) atoms. The molecule has 0 saturated carbocycles. The average Bonchev–Trinajstić information content (AvgIpc) is 3.24. The minimum Gasteiger partial charge on any atom is -0.496 e. The second-order valence-electron chi connectivity index (χ2n) is 7.87. The van der Waals surface area contributed by atoms with Gasteiger partial charge >= 0.3 is 0 Å². The highest BCUT2D eigenvalue weighted by Gasteiger charge is 2.31. The Morgan fingerprint density at radius 2 is 1.78 bits per heavy atom. The lowest BCUT2D eigenvalue weighted by molar-refractivity contribution is 0.0936. The van der Waals surface area contributed by atoms with Crippen LogP contribution in [0.15, 0.2) is 71.6 Å². The zero-order valence-corrected chi connectivity index (χ0v) is 19.1. The van der Waals surface area contributed by atoms with E-state index in [4.69, 9.17) is 4.74 Å². The topological polar surface area (TPSA) is 75.7 Å². The highest BCUT2D eigenvalue weighted by Crippen LogP contribution is 2.34. The van der Waals surface area contributed by atoms with Crippen molar-refractivity contribution in [2.75, 3.05) is 18.0 Å². The maximum atomic E-state index is 13.4. The Balaban J connectivity index is 1.66. The summed E-state index contributed by atoms with van der Waals surface area (Å²) in [5, 5.41) is 2.96. The molecule has 1 amide bonds. The Morgan fingerprint density at radius 3 is 2.53 bits per heavy atom. The van der Waals surface area contributed by atoms with Gasteiger partial charge in [-0.25, -0.2) is 8.42 Å². The molecule has 1 N–H and O–H groups in total. The summed E-state index contributed by atoms with van der Waals surface area (Å²) in [5.74, 6) is -0.0725. The molecule has 0 bridgehead atoms. The monoisotopic (exact) mass is 450 g/mol. The van der Waals surface area contributed by atoms with E-state index in [1.54, 1.807) is 6.07 Å². The molecule has 7 heteroatoms. The number of rotatable bonds is 6. The molecule has 1 aliphatic rings. The summed E-state index contributed by atoms with van der Waals surface area (Å²) < 4.78 is 33.6. The van der Waals surface area contributed by atoms with Crippen LogP contribution in [0.3, 0.4) is 0 Å². The van der Waals surface area contributed by atoms with E-state index in [1.165, 1.54) is 29.6 Å². The number of aryl methyl sites for hydroxylation is 1. The lowest BCUT2D eigenvalue weighted by Crippen LogP contribution is -2.30. The van der Waals surface area contributed by atoms with Crippen LogP contribution in [0.2, 0.25) is 0 Å². The second-order valence-corrected chi connectivity index (χ2v) is 9.73. The van der Waals surface area contributed by atoms with Crippen molar-refractivity contribution in [1.82, 2.24) is 5.32 Å². The van der Waals surface area contributed by atoms with Crippen LogP contribution < -0.4 is 14.4 Å². The maximum Gasteiger partial charge on any atom is 0.264 e. The van der Waals surface area contributed by atoms with E-state index in [1.807, 2.05) is 56.3 Å². The fourth-order valence-electron chi connectivity index (χ4n) is 4.13. The van der Waals surface area contributed by atoms with E-state index < -0.39 is 15.9 Å². The lowest BCUT2D eigenvalue weighted by Gasteiger charge is -2.21. The second kappa shape index (κ2) is 8.67. The van der Waals surface area contributed by atoms with Gasteiger partial charge in [0.2, 0.25) is 0 Å². The molecule has 6 nitrogen and oxygen atoms in total. The summed E-state index contributed by atoms with van der Waals surface area (Å²) in [4.78, 5) is 13.2. The number of benzene rings is 3. The van der Waals surface area contributed by atoms with Gasteiger partial charge in [-0.3, -0.25) is 9.10 Å². The fourth-order valence-corrected chi connectivity index (χ4v) is 5.66. The number of hydrogen-bond acceptors (Lipinski definition) is 4. The van der Waals surface area contributed by atoms with Gasteiger partial charge in [0, 0.05) is 6.54 Å². The number of methoxy groups -OCH3 is 1.